The van der Waals surface area contributed by atoms with E-state index in [1.54, 1.807) is 20.8 Å². The van der Waals surface area contributed by atoms with Gasteiger partial charge in [0.15, 0.2) is 0 Å². The first-order valence-electron chi connectivity index (χ1n) is 7.94. The molecular weight excluding hydrogens is 321 g/mol. The largest absolute Gasteiger partial charge is 0.488 e. The highest BCUT2D eigenvalue weighted by Gasteiger charge is 2.34. The van der Waals surface area contributed by atoms with Crippen molar-refractivity contribution in [3.05, 3.63) is 29.3 Å². The Balaban J connectivity index is 2.14. The van der Waals surface area contributed by atoms with Crippen molar-refractivity contribution in [1.82, 2.24) is 10.6 Å². The molecule has 1 saturated heterocycles. The molecule has 0 aromatic heterocycles. The molecule has 1 heterocycles. The van der Waals surface area contributed by atoms with E-state index in [1.165, 1.54) is 12.1 Å². The average Bonchev–Trinajstić information content (AvgIpc) is 2.97. The minimum atomic E-state index is -4.51. The van der Waals surface area contributed by atoms with Gasteiger partial charge in [-0.1, -0.05) is 6.07 Å². The average molecular weight is 344 g/mol. The highest BCUT2D eigenvalue weighted by atomic mass is 19.4. The van der Waals surface area contributed by atoms with Crippen LogP contribution in [0, 0.1) is 5.92 Å². The van der Waals surface area contributed by atoms with Crippen LogP contribution in [-0.4, -0.2) is 24.6 Å². The van der Waals surface area contributed by atoms with Crippen molar-refractivity contribution < 1.29 is 22.7 Å². The number of hydrogen-bond acceptors (Lipinski definition) is 3. The quantitative estimate of drug-likeness (QED) is 0.882. The zero-order chi connectivity index (χ0) is 18.0. The number of ether oxygens (including phenoxy) is 1. The summed E-state index contributed by atoms with van der Waals surface area (Å²) < 4.78 is 45.4. The van der Waals surface area contributed by atoms with Crippen LogP contribution in [-0.2, 0) is 17.5 Å². The number of carbonyl (C=O) groups is 1. The van der Waals surface area contributed by atoms with Gasteiger partial charge in [0.1, 0.15) is 11.4 Å². The third-order valence-electron chi connectivity index (χ3n) is 3.69. The fourth-order valence-corrected chi connectivity index (χ4v) is 2.60. The Bertz CT molecular complexity index is 588. The monoisotopic (exact) mass is 344 g/mol. The second-order valence-electron chi connectivity index (χ2n) is 6.94. The summed E-state index contributed by atoms with van der Waals surface area (Å²) in [6.07, 6.45) is -3.80. The molecule has 1 aromatic rings. The topological polar surface area (TPSA) is 50.4 Å². The second-order valence-corrected chi connectivity index (χ2v) is 6.94. The predicted molar refractivity (Wildman–Crippen MR) is 84.6 cm³/mol. The van der Waals surface area contributed by atoms with Gasteiger partial charge in [-0.05, 0) is 51.4 Å². The summed E-state index contributed by atoms with van der Waals surface area (Å²) >= 11 is 0. The van der Waals surface area contributed by atoms with E-state index in [-0.39, 0.29) is 29.7 Å². The smallest absolute Gasteiger partial charge is 0.416 e. The number of rotatable bonds is 4. The Kier molecular flexibility index (Phi) is 5.42. The van der Waals surface area contributed by atoms with Gasteiger partial charge in [0.2, 0.25) is 5.91 Å². The van der Waals surface area contributed by atoms with Gasteiger partial charge in [-0.2, -0.15) is 13.2 Å². The number of alkyl halides is 3. The molecule has 0 aliphatic carbocycles. The molecule has 1 aliphatic heterocycles. The summed E-state index contributed by atoms with van der Waals surface area (Å²) in [5.41, 5.74) is -1.34. The maximum Gasteiger partial charge on any atom is 0.416 e. The van der Waals surface area contributed by atoms with Crippen molar-refractivity contribution in [3.8, 4) is 5.75 Å². The van der Waals surface area contributed by atoms with Crippen LogP contribution in [0.4, 0.5) is 13.2 Å². The zero-order valence-electron chi connectivity index (χ0n) is 14.1. The van der Waals surface area contributed by atoms with Crippen LogP contribution in [0.25, 0.3) is 0 Å². The van der Waals surface area contributed by atoms with Crippen molar-refractivity contribution in [2.45, 2.75) is 45.5 Å². The molecule has 2 N–H and O–H groups in total. The summed E-state index contributed by atoms with van der Waals surface area (Å²) in [7, 11) is 0. The molecule has 7 heteroatoms. The van der Waals surface area contributed by atoms with Crippen LogP contribution in [0.5, 0.6) is 5.75 Å². The third kappa shape index (κ3) is 5.12. The summed E-state index contributed by atoms with van der Waals surface area (Å²) in [5.74, 6) is -0.240. The Morgan fingerprint density at radius 3 is 2.58 bits per heavy atom. The Hall–Kier alpha value is -1.76. The van der Waals surface area contributed by atoms with E-state index in [4.69, 9.17) is 4.74 Å². The summed E-state index contributed by atoms with van der Waals surface area (Å²) in [5, 5.41) is 5.66. The van der Waals surface area contributed by atoms with Gasteiger partial charge < -0.3 is 15.4 Å². The Labute approximate surface area is 139 Å². The highest BCUT2D eigenvalue weighted by molar-refractivity contribution is 5.79. The SMILES string of the molecule is CC(C)(C)Oc1ccc(CNC(=O)C2CCNC2)c(C(F)(F)F)c1. The summed E-state index contributed by atoms with van der Waals surface area (Å²) in [6, 6.07) is 3.85. The van der Waals surface area contributed by atoms with E-state index in [9.17, 15) is 18.0 Å². The fraction of sp³-hybridized carbons (Fsp3) is 0.588. The lowest BCUT2D eigenvalue weighted by atomic mass is 10.0. The minimum absolute atomic E-state index is 0.0306. The molecule has 1 atom stereocenters. The maximum atomic E-state index is 13.3. The lowest BCUT2D eigenvalue weighted by molar-refractivity contribution is -0.138. The van der Waals surface area contributed by atoms with Gasteiger partial charge in [0, 0.05) is 13.1 Å². The highest BCUT2D eigenvalue weighted by Crippen LogP contribution is 2.35. The Morgan fingerprint density at radius 2 is 2.04 bits per heavy atom. The lowest BCUT2D eigenvalue weighted by Gasteiger charge is -2.23. The molecule has 0 radical (unpaired) electrons. The molecule has 4 nitrogen and oxygen atoms in total. The Morgan fingerprint density at radius 1 is 1.33 bits per heavy atom. The van der Waals surface area contributed by atoms with Gasteiger partial charge in [-0.15, -0.1) is 0 Å². The van der Waals surface area contributed by atoms with Crippen molar-refractivity contribution in [2.24, 2.45) is 5.92 Å². The number of nitrogens with one attached hydrogen (secondary N) is 2. The molecule has 1 aromatic carbocycles. The third-order valence-corrected chi connectivity index (χ3v) is 3.69. The molecule has 0 spiro atoms. The molecule has 2 rings (SSSR count). The van der Waals surface area contributed by atoms with E-state index in [0.29, 0.717) is 13.0 Å². The van der Waals surface area contributed by atoms with Crippen LogP contribution in [0.3, 0.4) is 0 Å². The molecule has 1 aliphatic rings. The van der Waals surface area contributed by atoms with Crippen LogP contribution in [0.2, 0.25) is 0 Å². The van der Waals surface area contributed by atoms with E-state index in [0.717, 1.165) is 12.6 Å². The van der Waals surface area contributed by atoms with Gasteiger partial charge in [-0.25, -0.2) is 0 Å². The lowest BCUT2D eigenvalue weighted by Crippen LogP contribution is -2.32. The number of benzene rings is 1. The first-order valence-corrected chi connectivity index (χ1v) is 7.94. The summed E-state index contributed by atoms with van der Waals surface area (Å²) in [6.45, 7) is 6.47. The molecule has 134 valence electrons. The van der Waals surface area contributed by atoms with Crippen LogP contribution in [0.15, 0.2) is 18.2 Å². The zero-order valence-corrected chi connectivity index (χ0v) is 14.1. The van der Waals surface area contributed by atoms with Crippen LogP contribution < -0.4 is 15.4 Å². The fourth-order valence-electron chi connectivity index (χ4n) is 2.60. The minimum Gasteiger partial charge on any atom is -0.488 e. The number of carbonyl (C=O) groups excluding carboxylic acids is 1. The van der Waals surface area contributed by atoms with Gasteiger partial charge in [-0.3, -0.25) is 4.79 Å². The van der Waals surface area contributed by atoms with E-state index in [1.807, 2.05) is 0 Å². The van der Waals surface area contributed by atoms with Crippen molar-refractivity contribution in [3.63, 3.8) is 0 Å². The van der Waals surface area contributed by atoms with Crippen LogP contribution in [0.1, 0.15) is 38.3 Å². The van der Waals surface area contributed by atoms with Gasteiger partial charge >= 0.3 is 6.18 Å². The number of amides is 1. The molecule has 1 unspecified atom stereocenters. The molecule has 0 saturated carbocycles. The van der Waals surface area contributed by atoms with Crippen molar-refractivity contribution >= 4 is 5.91 Å². The first-order chi connectivity index (χ1) is 11.1. The number of halogens is 3. The predicted octanol–water partition coefficient (Wildman–Crippen LogP) is 3.11. The summed E-state index contributed by atoms with van der Waals surface area (Å²) in [4.78, 5) is 12.0. The normalized spacial score (nSPS) is 18.5. The van der Waals surface area contributed by atoms with E-state index < -0.39 is 17.3 Å². The second kappa shape index (κ2) is 7.01. The first kappa shape index (κ1) is 18.6. The van der Waals surface area contributed by atoms with Crippen LogP contribution >= 0.6 is 0 Å². The van der Waals surface area contributed by atoms with E-state index in [2.05, 4.69) is 10.6 Å². The molecule has 1 amide bonds. The van der Waals surface area contributed by atoms with Gasteiger partial charge in [0.25, 0.3) is 0 Å². The molecule has 24 heavy (non-hydrogen) atoms. The van der Waals surface area contributed by atoms with E-state index >= 15 is 0 Å². The molecule has 0 bridgehead atoms. The maximum absolute atomic E-state index is 13.3. The van der Waals surface area contributed by atoms with Gasteiger partial charge in [0.05, 0.1) is 11.5 Å². The van der Waals surface area contributed by atoms with Crippen molar-refractivity contribution in [2.75, 3.05) is 13.1 Å². The molecular formula is C17H23F3N2O2. The standard InChI is InChI=1S/C17H23F3N2O2/c1-16(2,3)24-13-5-4-11(14(8-13)17(18,19)20)10-22-15(23)12-6-7-21-9-12/h4-5,8,12,21H,6-7,9-10H2,1-3H3,(H,22,23). The van der Waals surface area contributed by atoms with Crippen molar-refractivity contribution in [1.29, 1.82) is 0 Å². The molecule has 1 fully saturated rings. The number of hydrogen-bond donors (Lipinski definition) is 2.